The van der Waals surface area contributed by atoms with Crippen molar-refractivity contribution in [2.24, 2.45) is 0 Å². The first-order valence-electron chi connectivity index (χ1n) is 3.84. The van der Waals surface area contributed by atoms with Gasteiger partial charge in [0.25, 0.3) is 0 Å². The molecule has 64 valence electrons. The third-order valence-corrected chi connectivity index (χ3v) is 1.29. The van der Waals surface area contributed by atoms with Gasteiger partial charge in [0.1, 0.15) is 5.75 Å². The van der Waals surface area contributed by atoms with Crippen LogP contribution in [-0.2, 0) is 4.65 Å². The summed E-state index contributed by atoms with van der Waals surface area (Å²) in [5.41, 5.74) is 0. The van der Waals surface area contributed by atoms with Crippen molar-refractivity contribution in [1.82, 2.24) is 0 Å². The highest BCUT2D eigenvalue weighted by atomic mass is 16.7. The average molecular weight is 166 g/mol. The Morgan fingerprint density at radius 1 is 1.33 bits per heavy atom. The van der Waals surface area contributed by atoms with E-state index in [-0.39, 0.29) is 0 Å². The molecule has 1 N–H and O–H groups in total. The van der Waals surface area contributed by atoms with E-state index in [1.54, 1.807) is 19.1 Å². The van der Waals surface area contributed by atoms with E-state index in [0.29, 0.717) is 12.4 Å². The van der Waals surface area contributed by atoms with Gasteiger partial charge in [0.2, 0.25) is 0 Å². The minimum absolute atomic E-state index is 0.425. The molecule has 0 aliphatic rings. The van der Waals surface area contributed by atoms with Gasteiger partial charge in [-0.25, -0.2) is 0 Å². The van der Waals surface area contributed by atoms with Crippen molar-refractivity contribution in [3.05, 3.63) is 30.3 Å². The molecule has 0 aliphatic carbocycles. The number of para-hydroxylation sites is 1. The van der Waals surface area contributed by atoms with Gasteiger partial charge >= 0.3 is 7.32 Å². The van der Waals surface area contributed by atoms with Crippen LogP contribution in [0.25, 0.3) is 0 Å². The van der Waals surface area contributed by atoms with Gasteiger partial charge in [0.15, 0.2) is 0 Å². The van der Waals surface area contributed by atoms with Crippen molar-refractivity contribution < 1.29 is 14.3 Å². The molecule has 3 nitrogen and oxygen atoms in total. The maximum atomic E-state index is 9.06. The van der Waals surface area contributed by atoms with Crippen molar-refractivity contribution in [3.8, 4) is 5.75 Å². The molecule has 0 bridgehead atoms. The average Bonchev–Trinajstić information content (AvgIpc) is 2.06. The maximum absolute atomic E-state index is 9.06. The predicted octanol–water partition coefficient (Wildman–Crippen LogP) is 1.08. The lowest BCUT2D eigenvalue weighted by Gasteiger charge is -2.07. The number of benzene rings is 1. The molecule has 0 amide bonds. The third-order valence-electron chi connectivity index (χ3n) is 1.29. The zero-order chi connectivity index (χ0) is 8.81. The van der Waals surface area contributed by atoms with Gasteiger partial charge in [-0.15, -0.1) is 0 Å². The Balaban J connectivity index is 2.41. The summed E-state index contributed by atoms with van der Waals surface area (Å²) in [6.07, 6.45) is 0. The van der Waals surface area contributed by atoms with Gasteiger partial charge in [-0.1, -0.05) is 18.2 Å². The Kier molecular flexibility index (Phi) is 3.64. The molecule has 1 rings (SSSR count). The summed E-state index contributed by atoms with van der Waals surface area (Å²) in [4.78, 5) is 0. The topological polar surface area (TPSA) is 38.7 Å². The molecule has 0 saturated heterocycles. The fourth-order valence-electron chi connectivity index (χ4n) is 0.792. The first kappa shape index (κ1) is 9.10. The lowest BCUT2D eigenvalue weighted by atomic mass is 10.2. The quantitative estimate of drug-likeness (QED) is 0.680. The van der Waals surface area contributed by atoms with E-state index in [1.165, 1.54) is 0 Å². The molecule has 0 spiro atoms. The zero-order valence-corrected chi connectivity index (χ0v) is 6.93. The molecule has 0 radical (unpaired) electrons. The van der Waals surface area contributed by atoms with Crippen molar-refractivity contribution in [2.45, 2.75) is 6.92 Å². The second kappa shape index (κ2) is 4.80. The summed E-state index contributed by atoms with van der Waals surface area (Å²) in [5, 5.41) is 9.06. The monoisotopic (exact) mass is 166 g/mol. The molecule has 1 aromatic rings. The Labute approximate surface area is 72.1 Å². The lowest BCUT2D eigenvalue weighted by molar-refractivity contribution is 0.204. The van der Waals surface area contributed by atoms with Crippen LogP contribution in [0.1, 0.15) is 6.92 Å². The molecular weight excluding hydrogens is 155 g/mol. The van der Waals surface area contributed by atoms with Crippen LogP contribution in [0.5, 0.6) is 5.75 Å². The highest BCUT2D eigenvalue weighted by Crippen LogP contribution is 2.08. The van der Waals surface area contributed by atoms with Crippen molar-refractivity contribution in [1.29, 1.82) is 0 Å². The summed E-state index contributed by atoms with van der Waals surface area (Å²) in [5.74, 6) is 0.596. The smallest absolute Gasteiger partial charge is 0.512 e. The SMILES string of the molecule is CCOB(O)Oc1ccccc1. The minimum atomic E-state index is -1.17. The van der Waals surface area contributed by atoms with E-state index >= 15 is 0 Å². The van der Waals surface area contributed by atoms with Crippen LogP contribution in [0.15, 0.2) is 30.3 Å². The maximum Gasteiger partial charge on any atom is 0.710 e. The second-order valence-electron chi connectivity index (χ2n) is 2.19. The van der Waals surface area contributed by atoms with Gasteiger partial charge in [-0.3, -0.25) is 0 Å². The fourth-order valence-corrected chi connectivity index (χ4v) is 0.792. The highest BCUT2D eigenvalue weighted by molar-refractivity contribution is 6.35. The van der Waals surface area contributed by atoms with E-state index in [1.807, 2.05) is 18.2 Å². The molecule has 0 saturated carbocycles. The molecule has 0 unspecified atom stereocenters. The standard InChI is InChI=1S/C8H11BO3/c1-2-11-9(10)12-8-6-4-3-5-7-8/h3-7,10H,2H2,1H3. The summed E-state index contributed by atoms with van der Waals surface area (Å²) < 4.78 is 9.77. The van der Waals surface area contributed by atoms with Gasteiger partial charge in [0.05, 0.1) is 0 Å². The van der Waals surface area contributed by atoms with Crippen LogP contribution < -0.4 is 4.65 Å². The molecule has 12 heavy (non-hydrogen) atoms. The van der Waals surface area contributed by atoms with Crippen molar-refractivity contribution in [3.63, 3.8) is 0 Å². The number of hydrogen-bond acceptors (Lipinski definition) is 3. The Hall–Kier alpha value is -0.995. The van der Waals surface area contributed by atoms with E-state index in [9.17, 15) is 0 Å². The molecule has 0 aromatic heterocycles. The molecule has 0 heterocycles. The van der Waals surface area contributed by atoms with E-state index in [2.05, 4.69) is 0 Å². The second-order valence-corrected chi connectivity index (χ2v) is 2.19. The van der Waals surface area contributed by atoms with Crippen LogP contribution >= 0.6 is 0 Å². The van der Waals surface area contributed by atoms with Gasteiger partial charge in [0, 0.05) is 6.61 Å². The lowest BCUT2D eigenvalue weighted by Crippen LogP contribution is -2.25. The third kappa shape index (κ3) is 2.94. The Morgan fingerprint density at radius 2 is 2.00 bits per heavy atom. The summed E-state index contributed by atoms with van der Waals surface area (Å²) >= 11 is 0. The van der Waals surface area contributed by atoms with E-state index < -0.39 is 7.32 Å². The first-order valence-corrected chi connectivity index (χ1v) is 3.84. The largest absolute Gasteiger partial charge is 0.710 e. The fraction of sp³-hybridized carbons (Fsp3) is 0.250. The van der Waals surface area contributed by atoms with Crippen LogP contribution in [-0.4, -0.2) is 19.0 Å². The van der Waals surface area contributed by atoms with E-state index in [0.717, 1.165) is 0 Å². The summed E-state index contributed by atoms with van der Waals surface area (Å²) in [6, 6.07) is 9.03. The van der Waals surface area contributed by atoms with Gasteiger partial charge in [-0.05, 0) is 19.1 Å². The Bertz CT molecular complexity index is 215. The van der Waals surface area contributed by atoms with Gasteiger partial charge in [-0.2, -0.15) is 0 Å². The Morgan fingerprint density at radius 3 is 2.58 bits per heavy atom. The zero-order valence-electron chi connectivity index (χ0n) is 6.93. The summed E-state index contributed by atoms with van der Waals surface area (Å²) in [6.45, 7) is 2.21. The number of rotatable bonds is 4. The summed E-state index contributed by atoms with van der Waals surface area (Å²) in [7, 11) is -1.17. The van der Waals surface area contributed by atoms with Crippen molar-refractivity contribution >= 4 is 7.32 Å². The molecule has 4 heteroatoms. The molecule has 1 aromatic carbocycles. The van der Waals surface area contributed by atoms with Crippen LogP contribution in [0, 0.1) is 0 Å². The van der Waals surface area contributed by atoms with Crippen LogP contribution in [0.2, 0.25) is 0 Å². The van der Waals surface area contributed by atoms with Gasteiger partial charge < -0.3 is 14.3 Å². The normalized spacial score (nSPS) is 9.50. The highest BCUT2D eigenvalue weighted by Gasteiger charge is 2.16. The first-order chi connectivity index (χ1) is 5.83. The molecule has 0 fully saturated rings. The van der Waals surface area contributed by atoms with Crippen LogP contribution in [0.3, 0.4) is 0 Å². The predicted molar refractivity (Wildman–Crippen MR) is 46.7 cm³/mol. The molecule has 0 aliphatic heterocycles. The van der Waals surface area contributed by atoms with Crippen molar-refractivity contribution in [2.75, 3.05) is 6.61 Å². The molecule has 0 atom stereocenters. The van der Waals surface area contributed by atoms with Crippen LogP contribution in [0.4, 0.5) is 0 Å². The minimum Gasteiger partial charge on any atom is -0.512 e. The molecular formula is C8H11BO3. The van der Waals surface area contributed by atoms with E-state index in [4.69, 9.17) is 14.3 Å². The number of hydrogen-bond donors (Lipinski definition) is 1.